The van der Waals surface area contributed by atoms with Crippen LogP contribution >= 0.6 is 0 Å². The zero-order valence-corrected chi connectivity index (χ0v) is 12.9. The van der Waals surface area contributed by atoms with Crippen molar-refractivity contribution in [3.05, 3.63) is 72.1 Å². The SMILES string of the molecule is N#Cc1cccc(S(=O)(=O)NCc2nccc3ccccc23)c1. The number of nitrogens with one attached hydrogen (secondary N) is 1. The van der Waals surface area contributed by atoms with Gasteiger partial charge in [-0.1, -0.05) is 30.3 Å². The second-order valence-electron chi connectivity index (χ2n) is 4.94. The average molecular weight is 323 g/mol. The van der Waals surface area contributed by atoms with Gasteiger partial charge < -0.3 is 0 Å². The molecule has 0 spiro atoms. The Morgan fingerprint density at radius 2 is 1.91 bits per heavy atom. The van der Waals surface area contributed by atoms with Gasteiger partial charge in [-0.3, -0.25) is 4.98 Å². The van der Waals surface area contributed by atoms with Crippen molar-refractivity contribution in [3.8, 4) is 6.07 Å². The topological polar surface area (TPSA) is 82.8 Å². The van der Waals surface area contributed by atoms with Gasteiger partial charge in [0.25, 0.3) is 0 Å². The number of nitrogens with zero attached hydrogens (tertiary/aromatic N) is 2. The monoisotopic (exact) mass is 323 g/mol. The van der Waals surface area contributed by atoms with Crippen LogP contribution in [0.2, 0.25) is 0 Å². The summed E-state index contributed by atoms with van der Waals surface area (Å²) in [6, 6.07) is 17.4. The maximum absolute atomic E-state index is 12.4. The van der Waals surface area contributed by atoms with Crippen molar-refractivity contribution >= 4 is 20.8 Å². The molecule has 2 aromatic carbocycles. The van der Waals surface area contributed by atoms with E-state index < -0.39 is 10.0 Å². The van der Waals surface area contributed by atoms with E-state index in [1.165, 1.54) is 12.1 Å². The van der Waals surface area contributed by atoms with Crippen molar-refractivity contribution in [2.75, 3.05) is 0 Å². The van der Waals surface area contributed by atoms with Gasteiger partial charge in [0.15, 0.2) is 0 Å². The third-order valence-corrected chi connectivity index (χ3v) is 4.86. The lowest BCUT2D eigenvalue weighted by Gasteiger charge is -2.08. The van der Waals surface area contributed by atoms with Gasteiger partial charge in [0, 0.05) is 11.6 Å². The molecule has 3 aromatic rings. The van der Waals surface area contributed by atoms with E-state index in [-0.39, 0.29) is 11.4 Å². The lowest BCUT2D eigenvalue weighted by atomic mass is 10.1. The molecule has 6 heteroatoms. The Kier molecular flexibility index (Phi) is 4.06. The van der Waals surface area contributed by atoms with Gasteiger partial charge in [0.1, 0.15) is 0 Å². The first-order valence-corrected chi connectivity index (χ1v) is 8.41. The molecule has 5 nitrogen and oxygen atoms in total. The molecule has 0 saturated heterocycles. The van der Waals surface area contributed by atoms with Gasteiger partial charge in [0.05, 0.1) is 28.8 Å². The Bertz CT molecular complexity index is 1000. The first kappa shape index (κ1) is 15.2. The molecule has 0 amide bonds. The van der Waals surface area contributed by atoms with Gasteiger partial charge in [0.2, 0.25) is 10.0 Å². The summed E-state index contributed by atoms with van der Waals surface area (Å²) in [7, 11) is -3.70. The fourth-order valence-electron chi connectivity index (χ4n) is 2.30. The van der Waals surface area contributed by atoms with E-state index in [1.807, 2.05) is 36.4 Å². The minimum absolute atomic E-state index is 0.0665. The molecule has 0 aliphatic rings. The van der Waals surface area contributed by atoms with Crippen molar-refractivity contribution in [3.63, 3.8) is 0 Å². The number of hydrogen-bond acceptors (Lipinski definition) is 4. The van der Waals surface area contributed by atoms with Crippen molar-refractivity contribution in [1.82, 2.24) is 9.71 Å². The zero-order valence-electron chi connectivity index (χ0n) is 12.1. The van der Waals surface area contributed by atoms with Crippen molar-refractivity contribution in [1.29, 1.82) is 5.26 Å². The molecule has 0 saturated carbocycles. The highest BCUT2D eigenvalue weighted by atomic mass is 32.2. The van der Waals surface area contributed by atoms with Crippen LogP contribution in [0.5, 0.6) is 0 Å². The molecule has 0 aliphatic heterocycles. The number of sulfonamides is 1. The summed E-state index contributed by atoms with van der Waals surface area (Å²) in [6.45, 7) is 0.0838. The summed E-state index contributed by atoms with van der Waals surface area (Å²) in [5.74, 6) is 0. The lowest BCUT2D eigenvalue weighted by Crippen LogP contribution is -2.23. The highest BCUT2D eigenvalue weighted by molar-refractivity contribution is 7.89. The first-order chi connectivity index (χ1) is 11.1. The second-order valence-corrected chi connectivity index (χ2v) is 6.71. The molecule has 0 aliphatic carbocycles. The van der Waals surface area contributed by atoms with Gasteiger partial charge in [-0.15, -0.1) is 0 Å². The molecule has 23 heavy (non-hydrogen) atoms. The summed E-state index contributed by atoms with van der Waals surface area (Å²) >= 11 is 0. The number of pyridine rings is 1. The van der Waals surface area contributed by atoms with E-state index >= 15 is 0 Å². The number of rotatable bonds is 4. The third kappa shape index (κ3) is 3.21. The molecule has 0 atom stereocenters. The highest BCUT2D eigenvalue weighted by Crippen LogP contribution is 2.17. The molecule has 1 heterocycles. The summed E-state index contributed by atoms with van der Waals surface area (Å²) in [5.41, 5.74) is 0.958. The maximum atomic E-state index is 12.4. The Morgan fingerprint density at radius 3 is 2.74 bits per heavy atom. The fraction of sp³-hybridized carbons (Fsp3) is 0.0588. The Hall–Kier alpha value is -2.75. The van der Waals surface area contributed by atoms with E-state index in [2.05, 4.69) is 9.71 Å². The molecule has 3 rings (SSSR count). The van der Waals surface area contributed by atoms with E-state index in [4.69, 9.17) is 5.26 Å². The van der Waals surface area contributed by atoms with Crippen molar-refractivity contribution in [2.24, 2.45) is 0 Å². The minimum Gasteiger partial charge on any atom is -0.259 e. The summed E-state index contributed by atoms with van der Waals surface area (Å²) < 4.78 is 27.3. The number of benzene rings is 2. The molecular formula is C17H13N3O2S. The quantitative estimate of drug-likeness (QED) is 0.800. The van der Waals surface area contributed by atoms with Gasteiger partial charge >= 0.3 is 0 Å². The van der Waals surface area contributed by atoms with E-state index in [1.54, 1.807) is 18.3 Å². The van der Waals surface area contributed by atoms with Crippen LogP contribution in [0.15, 0.2) is 65.7 Å². The molecule has 1 N–H and O–H groups in total. The largest absolute Gasteiger partial charge is 0.259 e. The first-order valence-electron chi connectivity index (χ1n) is 6.92. The summed E-state index contributed by atoms with van der Waals surface area (Å²) in [5, 5.41) is 10.8. The van der Waals surface area contributed by atoms with Crippen LogP contribution in [0.4, 0.5) is 0 Å². The summed E-state index contributed by atoms with van der Waals surface area (Å²) in [4.78, 5) is 4.32. The lowest BCUT2D eigenvalue weighted by molar-refractivity contribution is 0.580. The van der Waals surface area contributed by atoms with E-state index in [0.717, 1.165) is 10.8 Å². The van der Waals surface area contributed by atoms with E-state index in [0.29, 0.717) is 11.3 Å². The zero-order chi connectivity index (χ0) is 16.3. The normalized spacial score (nSPS) is 11.3. The standard InChI is InChI=1S/C17H13N3O2S/c18-11-13-4-3-6-15(10-13)23(21,22)20-12-17-16-7-2-1-5-14(16)8-9-19-17/h1-10,20H,12H2. The minimum atomic E-state index is -3.70. The van der Waals surface area contributed by atoms with Gasteiger partial charge in [-0.2, -0.15) is 5.26 Å². The molecule has 1 aromatic heterocycles. The summed E-state index contributed by atoms with van der Waals surface area (Å²) in [6.07, 6.45) is 1.66. The number of aromatic nitrogens is 1. The van der Waals surface area contributed by atoms with Crippen LogP contribution in [0, 0.1) is 11.3 Å². The van der Waals surface area contributed by atoms with Crippen LogP contribution in [-0.4, -0.2) is 13.4 Å². The number of nitriles is 1. The van der Waals surface area contributed by atoms with Crippen LogP contribution in [0.25, 0.3) is 10.8 Å². The van der Waals surface area contributed by atoms with Gasteiger partial charge in [-0.05, 0) is 29.7 Å². The van der Waals surface area contributed by atoms with Crippen molar-refractivity contribution < 1.29 is 8.42 Å². The molecule has 0 fully saturated rings. The van der Waals surface area contributed by atoms with Crippen molar-refractivity contribution in [2.45, 2.75) is 11.4 Å². The number of hydrogen-bond donors (Lipinski definition) is 1. The Morgan fingerprint density at radius 1 is 1.09 bits per heavy atom. The van der Waals surface area contributed by atoms with Crippen LogP contribution in [-0.2, 0) is 16.6 Å². The molecule has 0 unspecified atom stereocenters. The predicted molar refractivity (Wildman–Crippen MR) is 86.9 cm³/mol. The molecule has 114 valence electrons. The number of fused-ring (bicyclic) bond motifs is 1. The average Bonchev–Trinajstić information content (AvgIpc) is 2.60. The van der Waals surface area contributed by atoms with E-state index in [9.17, 15) is 8.42 Å². The van der Waals surface area contributed by atoms with Crippen LogP contribution in [0.1, 0.15) is 11.3 Å². The van der Waals surface area contributed by atoms with Gasteiger partial charge in [-0.25, -0.2) is 13.1 Å². The highest BCUT2D eigenvalue weighted by Gasteiger charge is 2.15. The third-order valence-electron chi connectivity index (χ3n) is 3.46. The molecule has 0 radical (unpaired) electrons. The smallest absolute Gasteiger partial charge is 0.240 e. The maximum Gasteiger partial charge on any atom is 0.240 e. The predicted octanol–water partition coefficient (Wildman–Crippen LogP) is 2.58. The second kappa shape index (κ2) is 6.16. The van der Waals surface area contributed by atoms with Crippen LogP contribution < -0.4 is 4.72 Å². The fourth-order valence-corrected chi connectivity index (χ4v) is 3.34. The molecule has 0 bridgehead atoms. The Balaban J connectivity index is 1.88. The Labute approximate surface area is 134 Å². The molecular weight excluding hydrogens is 310 g/mol. The van der Waals surface area contributed by atoms with Crippen LogP contribution in [0.3, 0.4) is 0 Å².